The molecule has 33 heavy (non-hydrogen) atoms. The number of nitrogens with zero attached hydrogens (tertiary/aromatic N) is 1. The molecule has 1 aliphatic heterocycles. The van der Waals surface area contributed by atoms with E-state index in [1.807, 2.05) is 49.9 Å². The number of methoxy groups -OCH3 is 2. The van der Waals surface area contributed by atoms with E-state index in [0.717, 1.165) is 11.1 Å². The number of carbonyl (C=O) groups is 1. The summed E-state index contributed by atoms with van der Waals surface area (Å²) in [5, 5.41) is 0.703. The van der Waals surface area contributed by atoms with Crippen LogP contribution in [0.15, 0.2) is 51.7 Å². The Morgan fingerprint density at radius 2 is 1.76 bits per heavy atom. The summed E-state index contributed by atoms with van der Waals surface area (Å²) >= 11 is 0. The van der Waals surface area contributed by atoms with Gasteiger partial charge in [0.25, 0.3) is 0 Å². The van der Waals surface area contributed by atoms with Gasteiger partial charge >= 0.3 is 5.63 Å². The van der Waals surface area contributed by atoms with Gasteiger partial charge in [0, 0.05) is 12.0 Å². The van der Waals surface area contributed by atoms with E-state index in [4.69, 9.17) is 18.6 Å². The van der Waals surface area contributed by atoms with Gasteiger partial charge in [0.2, 0.25) is 5.91 Å². The lowest BCUT2D eigenvalue weighted by atomic mass is 9.88. The molecule has 0 bridgehead atoms. The van der Waals surface area contributed by atoms with E-state index >= 15 is 0 Å². The Balaban J connectivity index is 1.76. The summed E-state index contributed by atoms with van der Waals surface area (Å²) in [6, 6.07) is 12.1. The third kappa shape index (κ3) is 4.40. The molecule has 7 nitrogen and oxygen atoms in total. The van der Waals surface area contributed by atoms with E-state index in [2.05, 4.69) is 0 Å². The largest absolute Gasteiger partial charge is 0.493 e. The molecule has 7 heteroatoms. The Bertz CT molecular complexity index is 1240. The van der Waals surface area contributed by atoms with Crippen LogP contribution in [-0.4, -0.2) is 38.2 Å². The fourth-order valence-corrected chi connectivity index (χ4v) is 4.25. The second-order valence-electron chi connectivity index (χ2n) is 9.16. The zero-order chi connectivity index (χ0) is 23.8. The van der Waals surface area contributed by atoms with Crippen LogP contribution in [-0.2, 0) is 11.2 Å². The molecule has 1 unspecified atom stereocenters. The average Bonchev–Trinajstić information content (AvgIpc) is 2.80. The highest BCUT2D eigenvalue weighted by molar-refractivity contribution is 5.83. The summed E-state index contributed by atoms with van der Waals surface area (Å²) in [6.45, 7) is 6.47. The lowest BCUT2D eigenvalue weighted by Gasteiger charge is -2.40. The molecule has 0 fully saturated rings. The minimum atomic E-state index is -0.549. The molecule has 1 aromatic heterocycles. The molecule has 0 spiro atoms. The van der Waals surface area contributed by atoms with Crippen LogP contribution >= 0.6 is 0 Å². The second kappa shape index (κ2) is 8.81. The highest BCUT2D eigenvalue weighted by Gasteiger charge is 2.37. The van der Waals surface area contributed by atoms with E-state index in [9.17, 15) is 9.59 Å². The number of benzene rings is 2. The minimum Gasteiger partial charge on any atom is -0.493 e. The van der Waals surface area contributed by atoms with Crippen LogP contribution in [0.1, 0.15) is 37.9 Å². The van der Waals surface area contributed by atoms with Gasteiger partial charge in [-0.05, 0) is 41.8 Å². The van der Waals surface area contributed by atoms with Crippen molar-refractivity contribution in [3.05, 3.63) is 64.0 Å². The third-order valence-corrected chi connectivity index (χ3v) is 5.91. The molecule has 2 heterocycles. The molecule has 0 saturated heterocycles. The van der Waals surface area contributed by atoms with Crippen molar-refractivity contribution in [2.75, 3.05) is 27.4 Å². The van der Waals surface area contributed by atoms with Crippen molar-refractivity contribution in [2.24, 2.45) is 5.41 Å². The Morgan fingerprint density at radius 1 is 1.06 bits per heavy atom. The number of ether oxygens (including phenoxy) is 3. The number of carbonyl (C=O) groups excluding carboxylic acids is 1. The fourth-order valence-electron chi connectivity index (χ4n) is 4.25. The molecule has 1 aliphatic rings. The molecular weight excluding hydrogens is 422 g/mol. The number of fused-ring (bicyclic) bond motifs is 2. The summed E-state index contributed by atoms with van der Waals surface area (Å²) in [4.78, 5) is 27.3. The molecule has 1 amide bonds. The maximum Gasteiger partial charge on any atom is 0.339 e. The average molecular weight is 452 g/mol. The van der Waals surface area contributed by atoms with Crippen molar-refractivity contribution >= 4 is 16.9 Å². The lowest BCUT2D eigenvalue weighted by Crippen LogP contribution is -2.47. The minimum absolute atomic E-state index is 0.0361. The van der Waals surface area contributed by atoms with Gasteiger partial charge in [-0.15, -0.1) is 0 Å². The Kier molecular flexibility index (Phi) is 6.06. The quantitative estimate of drug-likeness (QED) is 0.537. The molecule has 3 aromatic rings. The summed E-state index contributed by atoms with van der Waals surface area (Å²) in [7, 11) is 3.20. The first-order valence-corrected chi connectivity index (χ1v) is 10.9. The van der Waals surface area contributed by atoms with E-state index < -0.39 is 11.0 Å². The van der Waals surface area contributed by atoms with Crippen molar-refractivity contribution < 1.29 is 23.4 Å². The highest BCUT2D eigenvalue weighted by Crippen LogP contribution is 2.40. The Hall–Kier alpha value is -3.48. The molecule has 4 rings (SSSR count). The van der Waals surface area contributed by atoms with Crippen LogP contribution in [0.25, 0.3) is 11.0 Å². The van der Waals surface area contributed by atoms with Gasteiger partial charge in [0.15, 0.2) is 11.5 Å². The summed E-state index contributed by atoms with van der Waals surface area (Å²) in [5.74, 6) is 1.71. The lowest BCUT2D eigenvalue weighted by molar-refractivity contribution is -0.143. The Morgan fingerprint density at radius 3 is 2.45 bits per heavy atom. The fraction of sp³-hybridized carbons (Fsp3) is 0.385. The van der Waals surface area contributed by atoms with Crippen LogP contribution in [0.4, 0.5) is 0 Å². The SMILES string of the molecule is COc1cc2c(cc1OC)C(COc1cc(=O)oc3ccccc13)N(C(=O)C(C)(C)C)CC2. The zero-order valence-electron chi connectivity index (χ0n) is 19.6. The standard InChI is InChI=1S/C26H29NO6/c1-26(2,3)25(29)27-11-10-16-12-22(30-4)23(31-5)13-18(16)19(27)15-32-21-14-24(28)33-20-9-7-6-8-17(20)21/h6-9,12-14,19H,10-11,15H2,1-5H3. The summed E-state index contributed by atoms with van der Waals surface area (Å²) < 4.78 is 22.5. The maximum absolute atomic E-state index is 13.3. The molecule has 1 atom stereocenters. The molecule has 2 aromatic carbocycles. The predicted octanol–water partition coefficient (Wildman–Crippen LogP) is 4.36. The molecular formula is C26H29NO6. The second-order valence-corrected chi connectivity index (χ2v) is 9.16. The third-order valence-electron chi connectivity index (χ3n) is 5.91. The van der Waals surface area contributed by atoms with Crippen molar-refractivity contribution in [1.82, 2.24) is 4.90 Å². The van der Waals surface area contributed by atoms with Crippen molar-refractivity contribution in [2.45, 2.75) is 33.2 Å². The van der Waals surface area contributed by atoms with Crippen LogP contribution in [0.3, 0.4) is 0 Å². The Labute approximate surface area is 192 Å². The van der Waals surface area contributed by atoms with Crippen LogP contribution in [0.2, 0.25) is 0 Å². The number of para-hydroxylation sites is 1. The molecule has 0 radical (unpaired) electrons. The van der Waals surface area contributed by atoms with Crippen molar-refractivity contribution in [1.29, 1.82) is 0 Å². The van der Waals surface area contributed by atoms with Crippen LogP contribution in [0, 0.1) is 5.41 Å². The van der Waals surface area contributed by atoms with Gasteiger partial charge in [-0.1, -0.05) is 32.9 Å². The molecule has 174 valence electrons. The van der Waals surface area contributed by atoms with Gasteiger partial charge in [-0.3, -0.25) is 4.79 Å². The maximum atomic E-state index is 13.3. The topological polar surface area (TPSA) is 78.2 Å². The zero-order valence-corrected chi connectivity index (χ0v) is 19.6. The first-order valence-electron chi connectivity index (χ1n) is 10.9. The monoisotopic (exact) mass is 451 g/mol. The number of hydrogen-bond donors (Lipinski definition) is 0. The van der Waals surface area contributed by atoms with Crippen LogP contribution in [0.5, 0.6) is 17.2 Å². The number of hydrogen-bond acceptors (Lipinski definition) is 6. The van der Waals surface area contributed by atoms with Gasteiger partial charge in [0.1, 0.15) is 17.9 Å². The molecule has 0 saturated carbocycles. The first kappa shape index (κ1) is 22.7. The van der Waals surface area contributed by atoms with Gasteiger partial charge in [-0.25, -0.2) is 4.79 Å². The van der Waals surface area contributed by atoms with E-state index in [1.165, 1.54) is 6.07 Å². The van der Waals surface area contributed by atoms with Gasteiger partial charge < -0.3 is 23.5 Å². The van der Waals surface area contributed by atoms with Crippen molar-refractivity contribution in [3.63, 3.8) is 0 Å². The van der Waals surface area contributed by atoms with E-state index in [-0.39, 0.29) is 18.6 Å². The normalized spacial score (nSPS) is 15.8. The number of amides is 1. The molecule has 0 N–H and O–H groups in total. The predicted molar refractivity (Wildman–Crippen MR) is 125 cm³/mol. The highest BCUT2D eigenvalue weighted by atomic mass is 16.5. The van der Waals surface area contributed by atoms with Gasteiger partial charge in [-0.2, -0.15) is 0 Å². The van der Waals surface area contributed by atoms with E-state index in [0.29, 0.717) is 41.2 Å². The smallest absolute Gasteiger partial charge is 0.339 e. The van der Waals surface area contributed by atoms with E-state index in [1.54, 1.807) is 26.4 Å². The first-order chi connectivity index (χ1) is 15.7. The number of rotatable bonds is 5. The summed E-state index contributed by atoms with van der Waals surface area (Å²) in [6.07, 6.45) is 0.700. The van der Waals surface area contributed by atoms with Crippen LogP contribution < -0.4 is 19.8 Å². The molecule has 0 aliphatic carbocycles. The van der Waals surface area contributed by atoms with Crippen molar-refractivity contribution in [3.8, 4) is 17.2 Å². The van der Waals surface area contributed by atoms with Gasteiger partial charge in [0.05, 0.1) is 31.7 Å². The summed E-state index contributed by atoms with van der Waals surface area (Å²) in [5.41, 5.74) is 1.45.